The highest BCUT2D eigenvalue weighted by atomic mass is 32.1. The summed E-state index contributed by atoms with van der Waals surface area (Å²) < 4.78 is 1.48. The summed E-state index contributed by atoms with van der Waals surface area (Å²) in [5.41, 5.74) is 3.46. The second kappa shape index (κ2) is 10.2. The molecule has 0 radical (unpaired) electrons. The highest BCUT2D eigenvalue weighted by molar-refractivity contribution is 7.12. The average molecular weight is 500 g/mol. The van der Waals surface area contributed by atoms with E-state index in [1.165, 1.54) is 16.0 Å². The van der Waals surface area contributed by atoms with Gasteiger partial charge >= 0.3 is 0 Å². The van der Waals surface area contributed by atoms with Gasteiger partial charge in [-0.1, -0.05) is 60.7 Å². The van der Waals surface area contributed by atoms with Crippen molar-refractivity contribution in [3.63, 3.8) is 0 Å². The van der Waals surface area contributed by atoms with Gasteiger partial charge in [-0.05, 0) is 31.4 Å². The number of hydrogen-bond acceptors (Lipinski definition) is 6. The lowest BCUT2D eigenvalue weighted by atomic mass is 10.0. The lowest BCUT2D eigenvalue weighted by molar-refractivity contribution is -0.139. The van der Waals surface area contributed by atoms with E-state index in [2.05, 4.69) is 20.7 Å². The first-order chi connectivity index (χ1) is 17.5. The maximum Gasteiger partial charge on any atom is 0.289 e. The summed E-state index contributed by atoms with van der Waals surface area (Å²) >= 11 is 1.37. The number of thiazole rings is 1. The molecule has 4 aromatic rings. The molecule has 1 aliphatic carbocycles. The largest absolute Gasteiger partial charge is 0.347 e. The van der Waals surface area contributed by atoms with Crippen LogP contribution >= 0.6 is 11.3 Å². The van der Waals surface area contributed by atoms with Crippen LogP contribution in [0.15, 0.2) is 72.1 Å². The predicted octanol–water partition coefficient (Wildman–Crippen LogP) is 3.49. The third-order valence-electron chi connectivity index (χ3n) is 5.85. The van der Waals surface area contributed by atoms with E-state index in [-0.39, 0.29) is 18.2 Å². The fraction of sp³-hybridized carbons (Fsp3) is 0.222. The van der Waals surface area contributed by atoms with Crippen LogP contribution in [0, 0.1) is 6.92 Å². The molecule has 0 saturated heterocycles. The molecule has 0 aliphatic heterocycles. The van der Waals surface area contributed by atoms with Gasteiger partial charge in [-0.15, -0.1) is 11.3 Å². The predicted molar refractivity (Wildman–Crippen MR) is 137 cm³/mol. The number of aromatic nitrogens is 3. The smallest absolute Gasteiger partial charge is 0.289 e. The number of rotatable bonds is 9. The Labute approximate surface area is 212 Å². The van der Waals surface area contributed by atoms with Crippen molar-refractivity contribution in [2.45, 2.75) is 38.3 Å². The van der Waals surface area contributed by atoms with Gasteiger partial charge in [0.15, 0.2) is 0 Å². The third kappa shape index (κ3) is 5.41. The van der Waals surface area contributed by atoms with E-state index in [9.17, 15) is 14.4 Å². The van der Waals surface area contributed by atoms with Gasteiger partial charge in [-0.3, -0.25) is 14.4 Å². The highest BCUT2D eigenvalue weighted by Gasteiger charge is 2.32. The van der Waals surface area contributed by atoms with Crippen LogP contribution in [0.1, 0.15) is 34.6 Å². The molecule has 1 unspecified atom stereocenters. The van der Waals surface area contributed by atoms with Crippen LogP contribution in [0.2, 0.25) is 0 Å². The van der Waals surface area contributed by atoms with Gasteiger partial charge in [0, 0.05) is 23.4 Å². The molecule has 2 N–H and O–H groups in total. The summed E-state index contributed by atoms with van der Waals surface area (Å²) in [5, 5.41) is 12.4. The van der Waals surface area contributed by atoms with E-state index in [4.69, 9.17) is 0 Å². The first-order valence-electron chi connectivity index (χ1n) is 11.8. The topological polar surface area (TPSA) is 106 Å². The molecular weight excluding hydrogens is 474 g/mol. The lowest BCUT2D eigenvalue weighted by Crippen LogP contribution is -2.49. The average Bonchev–Trinajstić information content (AvgIpc) is 3.41. The Kier molecular flexibility index (Phi) is 6.73. The van der Waals surface area contributed by atoms with Gasteiger partial charge in [0.05, 0.1) is 11.4 Å². The molecule has 182 valence electrons. The van der Waals surface area contributed by atoms with Crippen molar-refractivity contribution in [1.29, 1.82) is 0 Å². The quantitative estimate of drug-likeness (QED) is 0.343. The van der Waals surface area contributed by atoms with Crippen molar-refractivity contribution in [3.8, 4) is 16.4 Å². The van der Waals surface area contributed by atoms with Crippen molar-refractivity contribution in [2.75, 3.05) is 0 Å². The van der Waals surface area contributed by atoms with E-state index in [1.807, 2.05) is 66.0 Å². The van der Waals surface area contributed by atoms with E-state index < -0.39 is 23.6 Å². The number of amides is 2. The van der Waals surface area contributed by atoms with Crippen molar-refractivity contribution in [3.05, 3.63) is 89.1 Å². The van der Waals surface area contributed by atoms with Gasteiger partial charge < -0.3 is 10.6 Å². The summed E-state index contributed by atoms with van der Waals surface area (Å²) in [4.78, 5) is 43.7. The summed E-state index contributed by atoms with van der Waals surface area (Å²) in [5.74, 6) is -1.83. The van der Waals surface area contributed by atoms with E-state index >= 15 is 0 Å². The van der Waals surface area contributed by atoms with E-state index in [0.717, 1.165) is 29.7 Å². The van der Waals surface area contributed by atoms with Crippen molar-refractivity contribution < 1.29 is 14.4 Å². The Morgan fingerprint density at radius 3 is 2.44 bits per heavy atom. The minimum Gasteiger partial charge on any atom is -0.347 e. The van der Waals surface area contributed by atoms with Crippen LogP contribution in [-0.4, -0.2) is 44.4 Å². The fourth-order valence-electron chi connectivity index (χ4n) is 3.84. The molecule has 1 fully saturated rings. The van der Waals surface area contributed by atoms with Crippen LogP contribution in [0.3, 0.4) is 0 Å². The summed E-state index contributed by atoms with van der Waals surface area (Å²) in [6, 6.07) is 19.7. The molecule has 2 aromatic heterocycles. The van der Waals surface area contributed by atoms with Crippen molar-refractivity contribution in [1.82, 2.24) is 25.4 Å². The first kappa shape index (κ1) is 23.6. The standard InChI is InChI=1S/C27H25N5O3S/c1-17-14-23(32(31-17)27-30-22(16-36-27)19-10-6-3-7-11-19)25(34)29-21(15-18-8-4-2-5-9-18)24(33)26(35)28-20-12-13-20/h2-11,14,16,20-21H,12-13,15H2,1H3,(H,28,35)(H,29,34). The van der Waals surface area contributed by atoms with Crippen molar-refractivity contribution in [2.24, 2.45) is 0 Å². The van der Waals surface area contributed by atoms with Crippen molar-refractivity contribution >= 4 is 28.9 Å². The van der Waals surface area contributed by atoms with Gasteiger partial charge in [0.2, 0.25) is 10.9 Å². The molecule has 1 atom stereocenters. The molecule has 2 amide bonds. The van der Waals surface area contributed by atoms with Gasteiger partial charge in [0.25, 0.3) is 11.8 Å². The summed E-state index contributed by atoms with van der Waals surface area (Å²) in [6.45, 7) is 1.79. The Bertz CT molecular complexity index is 1390. The molecule has 9 heteroatoms. The van der Waals surface area contributed by atoms with Gasteiger partial charge in [-0.2, -0.15) is 5.10 Å². The van der Waals surface area contributed by atoms with Crippen LogP contribution in [-0.2, 0) is 16.0 Å². The molecule has 0 bridgehead atoms. The molecule has 1 aliphatic rings. The number of benzene rings is 2. The number of ketones is 1. The zero-order valence-electron chi connectivity index (χ0n) is 19.7. The number of carbonyl (C=O) groups excluding carboxylic acids is 3. The number of aryl methyl sites for hydroxylation is 1. The summed E-state index contributed by atoms with van der Waals surface area (Å²) in [7, 11) is 0. The Morgan fingerprint density at radius 1 is 1.06 bits per heavy atom. The monoisotopic (exact) mass is 499 g/mol. The van der Waals surface area contributed by atoms with Crippen LogP contribution in [0.25, 0.3) is 16.4 Å². The Balaban J connectivity index is 1.40. The maximum absolute atomic E-state index is 13.4. The second-order valence-corrected chi connectivity index (χ2v) is 9.63. The molecule has 5 rings (SSSR count). The molecular formula is C27H25N5O3S. The Morgan fingerprint density at radius 2 is 1.75 bits per heavy atom. The highest BCUT2D eigenvalue weighted by Crippen LogP contribution is 2.25. The van der Waals surface area contributed by atoms with Crippen LogP contribution < -0.4 is 10.6 Å². The zero-order valence-corrected chi connectivity index (χ0v) is 20.5. The molecule has 36 heavy (non-hydrogen) atoms. The van der Waals surface area contributed by atoms with Gasteiger partial charge in [0.1, 0.15) is 11.7 Å². The third-order valence-corrected chi connectivity index (χ3v) is 6.66. The maximum atomic E-state index is 13.4. The second-order valence-electron chi connectivity index (χ2n) is 8.79. The minimum absolute atomic E-state index is 0.0438. The number of nitrogens with one attached hydrogen (secondary N) is 2. The first-order valence-corrected chi connectivity index (χ1v) is 12.6. The van der Waals surface area contributed by atoms with Crippen LogP contribution in [0.5, 0.6) is 0 Å². The fourth-order valence-corrected chi connectivity index (χ4v) is 4.64. The lowest BCUT2D eigenvalue weighted by Gasteiger charge is -2.18. The zero-order chi connectivity index (χ0) is 25.1. The van der Waals surface area contributed by atoms with Gasteiger partial charge in [-0.25, -0.2) is 9.67 Å². The minimum atomic E-state index is -1.02. The molecule has 2 aromatic carbocycles. The molecule has 8 nitrogen and oxygen atoms in total. The van der Waals surface area contributed by atoms with E-state index in [0.29, 0.717) is 10.8 Å². The normalized spacial score (nSPS) is 13.7. The summed E-state index contributed by atoms with van der Waals surface area (Å²) in [6.07, 6.45) is 1.93. The number of nitrogens with zero attached hydrogens (tertiary/aromatic N) is 3. The SMILES string of the molecule is Cc1cc(C(=O)NC(Cc2ccccc2)C(=O)C(=O)NC2CC2)n(-c2nc(-c3ccccc3)cs2)n1. The Hall–Kier alpha value is -4.11. The molecule has 0 spiro atoms. The van der Waals surface area contributed by atoms with Crippen LogP contribution in [0.4, 0.5) is 0 Å². The van der Waals surface area contributed by atoms with E-state index in [1.54, 1.807) is 13.0 Å². The number of hydrogen-bond donors (Lipinski definition) is 2. The number of carbonyl (C=O) groups is 3. The number of Topliss-reactive ketones (excluding diaryl/α,β-unsaturated/α-hetero) is 1. The molecule has 1 saturated carbocycles. The molecule has 2 heterocycles.